The van der Waals surface area contributed by atoms with Crippen LogP contribution in [0, 0.1) is 0 Å². The van der Waals surface area contributed by atoms with Gasteiger partial charge in [0.2, 0.25) is 0 Å². The fourth-order valence-corrected chi connectivity index (χ4v) is 1.68. The standard InChI is InChI=1S/C7H7Cl2N3/c1-11-5(8)4-6(9)12-7(11)2-3-10-12/h2-5H,1H3. The minimum absolute atomic E-state index is 0.193. The zero-order chi connectivity index (χ0) is 8.72. The third kappa shape index (κ3) is 1.01. The molecule has 1 aliphatic rings. The van der Waals surface area contributed by atoms with Crippen molar-refractivity contribution in [2.75, 3.05) is 11.9 Å². The maximum atomic E-state index is 5.97. The van der Waals surface area contributed by atoms with Gasteiger partial charge in [0.25, 0.3) is 0 Å². The van der Waals surface area contributed by atoms with Crippen LogP contribution < -0.4 is 4.90 Å². The SMILES string of the molecule is CN1c2ccnn2C(Cl)=CC1Cl. The molecule has 1 aliphatic heterocycles. The van der Waals surface area contributed by atoms with E-state index in [0.717, 1.165) is 5.82 Å². The monoisotopic (exact) mass is 203 g/mol. The van der Waals surface area contributed by atoms with Crippen LogP contribution in [-0.4, -0.2) is 22.3 Å². The lowest BCUT2D eigenvalue weighted by atomic mass is 10.4. The molecule has 5 heteroatoms. The molecule has 2 heterocycles. The zero-order valence-electron chi connectivity index (χ0n) is 6.41. The predicted molar refractivity (Wildman–Crippen MR) is 50.4 cm³/mol. The Morgan fingerprint density at radius 1 is 1.58 bits per heavy atom. The second-order valence-corrected chi connectivity index (χ2v) is 3.41. The summed E-state index contributed by atoms with van der Waals surface area (Å²) >= 11 is 11.9. The number of hydrogen-bond donors (Lipinski definition) is 0. The lowest BCUT2D eigenvalue weighted by Gasteiger charge is -2.27. The van der Waals surface area contributed by atoms with Crippen LogP contribution in [0.4, 0.5) is 5.82 Å². The van der Waals surface area contributed by atoms with Gasteiger partial charge in [-0.25, -0.2) is 4.68 Å². The molecule has 3 nitrogen and oxygen atoms in total. The third-order valence-electron chi connectivity index (χ3n) is 1.83. The van der Waals surface area contributed by atoms with Gasteiger partial charge in [0.05, 0.1) is 6.20 Å². The van der Waals surface area contributed by atoms with Gasteiger partial charge in [0, 0.05) is 13.1 Å². The molecule has 12 heavy (non-hydrogen) atoms. The molecule has 0 saturated heterocycles. The highest BCUT2D eigenvalue weighted by atomic mass is 35.5. The Kier molecular flexibility index (Phi) is 1.77. The number of likely N-dealkylation sites (N-methyl/N-ethyl adjacent to an activating group) is 1. The summed E-state index contributed by atoms with van der Waals surface area (Å²) in [5.41, 5.74) is -0.193. The van der Waals surface area contributed by atoms with Gasteiger partial charge in [-0.15, -0.1) is 0 Å². The molecule has 1 atom stereocenters. The normalized spacial score (nSPS) is 22.1. The number of hydrogen-bond acceptors (Lipinski definition) is 2. The summed E-state index contributed by atoms with van der Waals surface area (Å²) in [7, 11) is 1.89. The first-order valence-corrected chi connectivity index (χ1v) is 4.30. The number of aromatic nitrogens is 2. The minimum Gasteiger partial charge on any atom is -0.340 e. The van der Waals surface area contributed by atoms with Gasteiger partial charge in [0.15, 0.2) is 0 Å². The van der Waals surface area contributed by atoms with Gasteiger partial charge in [-0.05, 0) is 6.08 Å². The van der Waals surface area contributed by atoms with Gasteiger partial charge in [-0.2, -0.15) is 5.10 Å². The summed E-state index contributed by atoms with van der Waals surface area (Å²) in [5.74, 6) is 0.905. The number of fused-ring (bicyclic) bond motifs is 1. The average molecular weight is 204 g/mol. The quantitative estimate of drug-likeness (QED) is 0.475. The molecule has 0 aromatic carbocycles. The molecule has 1 aromatic heterocycles. The van der Waals surface area contributed by atoms with Crippen LogP contribution in [0.1, 0.15) is 0 Å². The highest BCUT2D eigenvalue weighted by molar-refractivity contribution is 6.46. The Morgan fingerprint density at radius 2 is 2.33 bits per heavy atom. The van der Waals surface area contributed by atoms with Crippen LogP contribution in [0.3, 0.4) is 0 Å². The van der Waals surface area contributed by atoms with E-state index in [0.29, 0.717) is 5.16 Å². The van der Waals surface area contributed by atoms with Crippen LogP contribution >= 0.6 is 23.2 Å². The lowest BCUT2D eigenvalue weighted by Crippen LogP contribution is -2.30. The number of alkyl halides is 1. The van der Waals surface area contributed by atoms with E-state index in [1.165, 1.54) is 0 Å². The second-order valence-electron chi connectivity index (χ2n) is 2.57. The first kappa shape index (κ1) is 7.95. The van der Waals surface area contributed by atoms with Gasteiger partial charge < -0.3 is 4.90 Å². The van der Waals surface area contributed by atoms with E-state index >= 15 is 0 Å². The van der Waals surface area contributed by atoms with E-state index in [1.807, 2.05) is 18.0 Å². The number of halogens is 2. The van der Waals surface area contributed by atoms with E-state index in [4.69, 9.17) is 23.2 Å². The van der Waals surface area contributed by atoms with Crippen molar-refractivity contribution in [1.29, 1.82) is 0 Å². The Bertz CT molecular complexity index is 331. The zero-order valence-corrected chi connectivity index (χ0v) is 7.92. The lowest BCUT2D eigenvalue weighted by molar-refractivity contribution is 0.818. The van der Waals surface area contributed by atoms with Crippen LogP contribution in [0.25, 0.3) is 5.16 Å². The molecule has 0 aliphatic carbocycles. The summed E-state index contributed by atoms with van der Waals surface area (Å²) in [4.78, 5) is 1.89. The summed E-state index contributed by atoms with van der Waals surface area (Å²) in [5, 5.41) is 4.59. The summed E-state index contributed by atoms with van der Waals surface area (Å²) in [6.45, 7) is 0. The predicted octanol–water partition coefficient (Wildman–Crippen LogP) is 1.93. The summed E-state index contributed by atoms with van der Waals surface area (Å²) in [6.07, 6.45) is 3.43. The molecule has 0 bridgehead atoms. The minimum atomic E-state index is -0.193. The van der Waals surface area contributed by atoms with Crippen molar-refractivity contribution in [3.05, 3.63) is 18.3 Å². The van der Waals surface area contributed by atoms with E-state index in [2.05, 4.69) is 5.10 Å². The van der Waals surface area contributed by atoms with Crippen molar-refractivity contribution in [3.63, 3.8) is 0 Å². The van der Waals surface area contributed by atoms with Gasteiger partial charge in [-0.3, -0.25) is 0 Å². The fourth-order valence-electron chi connectivity index (χ4n) is 1.15. The largest absolute Gasteiger partial charge is 0.340 e. The molecule has 0 amide bonds. The Morgan fingerprint density at radius 3 is 3.08 bits per heavy atom. The molecule has 64 valence electrons. The van der Waals surface area contributed by atoms with Crippen molar-refractivity contribution in [2.24, 2.45) is 0 Å². The topological polar surface area (TPSA) is 21.1 Å². The smallest absolute Gasteiger partial charge is 0.134 e. The summed E-state index contributed by atoms with van der Waals surface area (Å²) in [6, 6.07) is 1.87. The van der Waals surface area contributed by atoms with Gasteiger partial charge >= 0.3 is 0 Å². The maximum absolute atomic E-state index is 5.97. The van der Waals surface area contributed by atoms with Crippen LogP contribution in [-0.2, 0) is 0 Å². The summed E-state index contributed by atoms with van der Waals surface area (Å²) < 4.78 is 1.64. The first-order valence-electron chi connectivity index (χ1n) is 3.49. The molecular weight excluding hydrogens is 197 g/mol. The molecule has 1 unspecified atom stereocenters. The van der Waals surface area contributed by atoms with Crippen molar-refractivity contribution >= 4 is 34.2 Å². The van der Waals surface area contributed by atoms with E-state index in [1.54, 1.807) is 17.0 Å². The average Bonchev–Trinajstić information content (AvgIpc) is 2.48. The number of rotatable bonds is 0. The van der Waals surface area contributed by atoms with Crippen molar-refractivity contribution in [3.8, 4) is 0 Å². The molecule has 0 radical (unpaired) electrons. The van der Waals surface area contributed by atoms with Crippen LogP contribution in [0.15, 0.2) is 18.3 Å². The van der Waals surface area contributed by atoms with Gasteiger partial charge in [-0.1, -0.05) is 23.2 Å². The van der Waals surface area contributed by atoms with E-state index < -0.39 is 0 Å². The van der Waals surface area contributed by atoms with Crippen molar-refractivity contribution < 1.29 is 0 Å². The number of nitrogens with zero attached hydrogens (tertiary/aromatic N) is 3. The van der Waals surface area contributed by atoms with E-state index in [9.17, 15) is 0 Å². The third-order valence-corrected chi connectivity index (χ3v) is 2.54. The molecule has 2 rings (SSSR count). The molecule has 0 saturated carbocycles. The molecular formula is C7H7Cl2N3. The highest BCUT2D eigenvalue weighted by Crippen LogP contribution is 2.28. The molecule has 0 N–H and O–H groups in total. The Labute approximate surface area is 80.2 Å². The fraction of sp³-hybridized carbons (Fsp3) is 0.286. The Hall–Kier alpha value is -0.670. The highest BCUT2D eigenvalue weighted by Gasteiger charge is 2.21. The second kappa shape index (κ2) is 2.68. The van der Waals surface area contributed by atoms with Crippen LogP contribution in [0.2, 0.25) is 0 Å². The number of anilines is 1. The van der Waals surface area contributed by atoms with Crippen molar-refractivity contribution in [2.45, 2.75) is 5.50 Å². The van der Waals surface area contributed by atoms with Gasteiger partial charge in [0.1, 0.15) is 16.5 Å². The van der Waals surface area contributed by atoms with Crippen LogP contribution in [0.5, 0.6) is 0 Å². The Balaban J connectivity index is 2.54. The van der Waals surface area contributed by atoms with Crippen molar-refractivity contribution in [1.82, 2.24) is 9.78 Å². The molecule has 0 fully saturated rings. The maximum Gasteiger partial charge on any atom is 0.134 e. The molecule has 1 aromatic rings. The molecule has 0 spiro atoms. The first-order chi connectivity index (χ1) is 5.70. The van der Waals surface area contributed by atoms with E-state index in [-0.39, 0.29) is 5.50 Å².